The lowest BCUT2D eigenvalue weighted by Gasteiger charge is -2.34. The third-order valence-corrected chi connectivity index (χ3v) is 4.73. The Balaban J connectivity index is 1.49. The summed E-state index contributed by atoms with van der Waals surface area (Å²) in [5.74, 6) is 0.564. The van der Waals surface area contributed by atoms with Crippen LogP contribution in [0.4, 0.5) is 0 Å². The maximum Gasteiger partial charge on any atom is 0.260 e. The SMILES string of the molecule is O=C(COc1ccc(Cl)cc1)N1CCNC(CC(O)c2ccccc2)C1. The molecule has 2 N–H and O–H groups in total. The van der Waals surface area contributed by atoms with Crippen molar-refractivity contribution in [3.63, 3.8) is 0 Å². The van der Waals surface area contributed by atoms with Gasteiger partial charge in [-0.25, -0.2) is 0 Å². The van der Waals surface area contributed by atoms with Gasteiger partial charge in [0.1, 0.15) is 5.75 Å². The van der Waals surface area contributed by atoms with Crippen LogP contribution in [0, 0.1) is 0 Å². The van der Waals surface area contributed by atoms with Crippen molar-refractivity contribution in [3.05, 3.63) is 65.2 Å². The molecule has 1 amide bonds. The van der Waals surface area contributed by atoms with E-state index in [1.54, 1.807) is 29.2 Å². The average Bonchev–Trinajstić information content (AvgIpc) is 2.68. The summed E-state index contributed by atoms with van der Waals surface area (Å²) in [4.78, 5) is 14.2. The van der Waals surface area contributed by atoms with Crippen molar-refractivity contribution in [2.75, 3.05) is 26.2 Å². The molecule has 0 aromatic heterocycles. The second-order valence-corrected chi connectivity index (χ2v) is 6.83. The molecule has 2 aromatic rings. The van der Waals surface area contributed by atoms with Gasteiger partial charge in [0.15, 0.2) is 6.61 Å². The molecule has 26 heavy (non-hydrogen) atoms. The van der Waals surface area contributed by atoms with Gasteiger partial charge in [-0.05, 0) is 36.2 Å². The number of carbonyl (C=O) groups excluding carboxylic acids is 1. The standard InChI is InChI=1S/C20H23ClN2O3/c21-16-6-8-18(9-7-16)26-14-20(25)23-11-10-22-17(13-23)12-19(24)15-4-2-1-3-5-15/h1-9,17,19,22,24H,10-14H2. The Morgan fingerprint density at radius 3 is 2.69 bits per heavy atom. The van der Waals surface area contributed by atoms with Gasteiger partial charge in [0.2, 0.25) is 0 Å². The van der Waals surface area contributed by atoms with E-state index in [1.807, 2.05) is 30.3 Å². The van der Waals surface area contributed by atoms with Crippen molar-refractivity contribution in [3.8, 4) is 5.75 Å². The summed E-state index contributed by atoms with van der Waals surface area (Å²) in [6.07, 6.45) is 0.0142. The van der Waals surface area contributed by atoms with Crippen LogP contribution in [0.1, 0.15) is 18.1 Å². The van der Waals surface area contributed by atoms with Crippen LogP contribution >= 0.6 is 11.6 Å². The van der Waals surface area contributed by atoms with Crippen LogP contribution in [0.15, 0.2) is 54.6 Å². The number of carbonyl (C=O) groups is 1. The second kappa shape index (κ2) is 9.03. The summed E-state index contributed by atoms with van der Waals surface area (Å²) >= 11 is 5.84. The van der Waals surface area contributed by atoms with Crippen LogP contribution in [0.25, 0.3) is 0 Å². The third kappa shape index (κ3) is 5.21. The summed E-state index contributed by atoms with van der Waals surface area (Å²) < 4.78 is 5.54. The molecule has 5 nitrogen and oxygen atoms in total. The summed E-state index contributed by atoms with van der Waals surface area (Å²) in [5.41, 5.74) is 0.892. The number of aliphatic hydroxyl groups excluding tert-OH is 1. The summed E-state index contributed by atoms with van der Waals surface area (Å²) in [5, 5.41) is 14.4. The maximum absolute atomic E-state index is 12.4. The Labute approximate surface area is 158 Å². The first-order valence-electron chi connectivity index (χ1n) is 8.74. The van der Waals surface area contributed by atoms with E-state index in [4.69, 9.17) is 16.3 Å². The quantitative estimate of drug-likeness (QED) is 0.816. The van der Waals surface area contributed by atoms with Crippen molar-refractivity contribution in [1.82, 2.24) is 10.2 Å². The number of piperazine rings is 1. The highest BCUT2D eigenvalue weighted by Crippen LogP contribution is 2.20. The number of ether oxygens (including phenoxy) is 1. The van der Waals surface area contributed by atoms with E-state index in [0.29, 0.717) is 36.8 Å². The Morgan fingerprint density at radius 1 is 1.23 bits per heavy atom. The summed E-state index contributed by atoms with van der Waals surface area (Å²) in [6.45, 7) is 1.90. The van der Waals surface area contributed by atoms with Gasteiger partial charge in [0.25, 0.3) is 5.91 Å². The zero-order chi connectivity index (χ0) is 18.4. The number of nitrogens with one attached hydrogen (secondary N) is 1. The molecule has 1 saturated heterocycles. The number of hydrogen-bond acceptors (Lipinski definition) is 4. The highest BCUT2D eigenvalue weighted by atomic mass is 35.5. The molecule has 1 fully saturated rings. The number of benzene rings is 2. The highest BCUT2D eigenvalue weighted by Gasteiger charge is 2.25. The molecular weight excluding hydrogens is 352 g/mol. The molecule has 1 aliphatic rings. The van der Waals surface area contributed by atoms with Gasteiger partial charge in [-0.1, -0.05) is 41.9 Å². The minimum atomic E-state index is -0.547. The van der Waals surface area contributed by atoms with Crippen molar-refractivity contribution >= 4 is 17.5 Å². The van der Waals surface area contributed by atoms with Crippen LogP contribution in [0.5, 0.6) is 5.75 Å². The fraction of sp³-hybridized carbons (Fsp3) is 0.350. The molecule has 0 aliphatic carbocycles. The lowest BCUT2D eigenvalue weighted by molar-refractivity contribution is -0.134. The molecule has 1 aliphatic heterocycles. The minimum absolute atomic E-state index is 0.00437. The molecule has 2 unspecified atom stereocenters. The molecule has 3 rings (SSSR count). The topological polar surface area (TPSA) is 61.8 Å². The van der Waals surface area contributed by atoms with Gasteiger partial charge in [0, 0.05) is 30.7 Å². The molecule has 1 heterocycles. The third-order valence-electron chi connectivity index (χ3n) is 4.48. The second-order valence-electron chi connectivity index (χ2n) is 6.40. The van der Waals surface area contributed by atoms with Gasteiger partial charge in [-0.2, -0.15) is 0 Å². The lowest BCUT2D eigenvalue weighted by Crippen LogP contribution is -2.54. The molecular formula is C20H23ClN2O3. The Kier molecular flexibility index (Phi) is 6.50. The van der Waals surface area contributed by atoms with Gasteiger partial charge < -0.3 is 20.1 Å². The van der Waals surface area contributed by atoms with E-state index in [1.165, 1.54) is 0 Å². The molecule has 0 spiro atoms. The molecule has 6 heteroatoms. The normalized spacial score (nSPS) is 18.4. The monoisotopic (exact) mass is 374 g/mol. The van der Waals surface area contributed by atoms with Crippen LogP contribution in [0.2, 0.25) is 5.02 Å². The predicted octanol–water partition coefficient (Wildman–Crippen LogP) is 2.64. The largest absolute Gasteiger partial charge is 0.484 e. The average molecular weight is 375 g/mol. The first-order chi connectivity index (χ1) is 12.6. The smallest absolute Gasteiger partial charge is 0.260 e. The minimum Gasteiger partial charge on any atom is -0.484 e. The number of hydrogen-bond donors (Lipinski definition) is 2. The van der Waals surface area contributed by atoms with Crippen molar-refractivity contribution in [2.24, 2.45) is 0 Å². The highest BCUT2D eigenvalue weighted by molar-refractivity contribution is 6.30. The number of aliphatic hydroxyl groups is 1. The fourth-order valence-corrected chi connectivity index (χ4v) is 3.18. The first-order valence-corrected chi connectivity index (χ1v) is 9.12. The van der Waals surface area contributed by atoms with E-state index in [0.717, 1.165) is 5.56 Å². The number of halogens is 1. The Hall–Kier alpha value is -2.08. The van der Waals surface area contributed by atoms with Crippen LogP contribution < -0.4 is 10.1 Å². The van der Waals surface area contributed by atoms with Crippen LogP contribution in [-0.4, -0.2) is 48.2 Å². The van der Waals surface area contributed by atoms with E-state index >= 15 is 0 Å². The van der Waals surface area contributed by atoms with E-state index in [2.05, 4.69) is 5.32 Å². The lowest BCUT2D eigenvalue weighted by atomic mass is 10.0. The summed E-state index contributed by atoms with van der Waals surface area (Å²) in [7, 11) is 0. The van der Waals surface area contributed by atoms with E-state index in [9.17, 15) is 9.90 Å². The number of nitrogens with zero attached hydrogens (tertiary/aromatic N) is 1. The molecule has 2 atom stereocenters. The molecule has 0 saturated carbocycles. The van der Waals surface area contributed by atoms with E-state index in [-0.39, 0.29) is 18.6 Å². The predicted molar refractivity (Wildman–Crippen MR) is 101 cm³/mol. The van der Waals surface area contributed by atoms with Gasteiger partial charge >= 0.3 is 0 Å². The van der Waals surface area contributed by atoms with Gasteiger partial charge in [-0.3, -0.25) is 4.79 Å². The Bertz CT molecular complexity index is 709. The van der Waals surface area contributed by atoms with Gasteiger partial charge in [0.05, 0.1) is 6.10 Å². The van der Waals surface area contributed by atoms with Crippen molar-refractivity contribution in [1.29, 1.82) is 0 Å². The number of rotatable bonds is 6. The van der Waals surface area contributed by atoms with Crippen LogP contribution in [0.3, 0.4) is 0 Å². The first kappa shape index (κ1) is 18.7. The Morgan fingerprint density at radius 2 is 1.96 bits per heavy atom. The van der Waals surface area contributed by atoms with Crippen molar-refractivity contribution < 1.29 is 14.6 Å². The number of amides is 1. The fourth-order valence-electron chi connectivity index (χ4n) is 3.06. The van der Waals surface area contributed by atoms with Gasteiger partial charge in [-0.15, -0.1) is 0 Å². The zero-order valence-corrected chi connectivity index (χ0v) is 15.2. The molecule has 0 bridgehead atoms. The molecule has 138 valence electrons. The molecule has 2 aromatic carbocycles. The maximum atomic E-state index is 12.4. The molecule has 0 radical (unpaired) electrons. The summed E-state index contributed by atoms with van der Waals surface area (Å²) in [6, 6.07) is 16.6. The van der Waals surface area contributed by atoms with Crippen LogP contribution in [-0.2, 0) is 4.79 Å². The van der Waals surface area contributed by atoms with Crippen molar-refractivity contribution in [2.45, 2.75) is 18.6 Å². The van der Waals surface area contributed by atoms with E-state index < -0.39 is 6.10 Å². The zero-order valence-electron chi connectivity index (χ0n) is 14.5.